The van der Waals surface area contributed by atoms with Crippen LogP contribution in [0.1, 0.15) is 15.9 Å². The van der Waals surface area contributed by atoms with Crippen LogP contribution in [0, 0.1) is 6.92 Å². The van der Waals surface area contributed by atoms with Gasteiger partial charge in [0.25, 0.3) is 5.91 Å². The van der Waals surface area contributed by atoms with Crippen molar-refractivity contribution in [3.8, 4) is 0 Å². The van der Waals surface area contributed by atoms with Gasteiger partial charge >= 0.3 is 5.97 Å². The van der Waals surface area contributed by atoms with E-state index in [4.69, 9.17) is 9.84 Å². The Balaban J connectivity index is 2.96. The maximum atomic E-state index is 12.2. The fraction of sp³-hybridized carbons (Fsp3) is 0.385. The van der Waals surface area contributed by atoms with Crippen molar-refractivity contribution in [3.63, 3.8) is 0 Å². The maximum Gasteiger partial charge on any atom is 0.334 e. The standard InChI is InChI=1S/C13H18N2O6S/c1-8-4-5-10(15-22(3,19)20)9(6-8)12(16)14-7-11(21-2)13(17)18/h4-6,11,15H,7H2,1-3H3,(H,14,16)(H,17,18). The molecule has 8 nitrogen and oxygen atoms in total. The number of aryl methyl sites for hydroxylation is 1. The Morgan fingerprint density at radius 1 is 1.36 bits per heavy atom. The van der Waals surface area contributed by atoms with Crippen LogP contribution in [0.2, 0.25) is 0 Å². The number of aliphatic carboxylic acids is 1. The summed E-state index contributed by atoms with van der Waals surface area (Å²) in [6, 6.07) is 4.63. The predicted molar refractivity (Wildman–Crippen MR) is 80.4 cm³/mol. The van der Waals surface area contributed by atoms with E-state index in [1.807, 2.05) is 0 Å². The number of ether oxygens (including phenoxy) is 1. The van der Waals surface area contributed by atoms with Crippen LogP contribution >= 0.6 is 0 Å². The maximum absolute atomic E-state index is 12.2. The molecule has 1 atom stereocenters. The van der Waals surface area contributed by atoms with E-state index in [1.165, 1.54) is 19.2 Å². The highest BCUT2D eigenvalue weighted by Gasteiger charge is 2.19. The van der Waals surface area contributed by atoms with E-state index in [0.29, 0.717) is 0 Å². The van der Waals surface area contributed by atoms with Gasteiger partial charge in [-0.2, -0.15) is 0 Å². The number of nitrogens with one attached hydrogen (secondary N) is 2. The highest BCUT2D eigenvalue weighted by atomic mass is 32.2. The van der Waals surface area contributed by atoms with Gasteiger partial charge in [0.15, 0.2) is 6.10 Å². The van der Waals surface area contributed by atoms with E-state index in [-0.39, 0.29) is 17.8 Å². The van der Waals surface area contributed by atoms with Gasteiger partial charge in [0, 0.05) is 7.11 Å². The van der Waals surface area contributed by atoms with Crippen molar-refractivity contribution >= 4 is 27.6 Å². The molecule has 1 amide bonds. The van der Waals surface area contributed by atoms with E-state index >= 15 is 0 Å². The number of methoxy groups -OCH3 is 1. The zero-order chi connectivity index (χ0) is 16.9. The van der Waals surface area contributed by atoms with Gasteiger partial charge in [-0.05, 0) is 19.1 Å². The smallest absolute Gasteiger partial charge is 0.334 e. The molecule has 3 N–H and O–H groups in total. The zero-order valence-electron chi connectivity index (χ0n) is 12.4. The third-order valence-electron chi connectivity index (χ3n) is 2.72. The van der Waals surface area contributed by atoms with E-state index < -0.39 is 28.0 Å². The molecule has 0 radical (unpaired) electrons. The number of amides is 1. The number of carboxylic acid groups (broad SMARTS) is 1. The van der Waals surface area contributed by atoms with Gasteiger partial charge in [-0.3, -0.25) is 9.52 Å². The molecule has 0 fully saturated rings. The molecule has 9 heteroatoms. The summed E-state index contributed by atoms with van der Waals surface area (Å²) in [6.07, 6.45) is -0.208. The normalized spacial score (nSPS) is 12.5. The number of hydrogen-bond acceptors (Lipinski definition) is 5. The molecule has 0 aromatic heterocycles. The van der Waals surface area contributed by atoms with Gasteiger partial charge in [-0.1, -0.05) is 11.6 Å². The lowest BCUT2D eigenvalue weighted by molar-refractivity contribution is -0.148. The minimum atomic E-state index is -3.54. The lowest BCUT2D eigenvalue weighted by Gasteiger charge is -2.14. The lowest BCUT2D eigenvalue weighted by atomic mass is 10.1. The van der Waals surface area contributed by atoms with Crippen molar-refractivity contribution in [1.82, 2.24) is 5.32 Å². The molecule has 0 aliphatic heterocycles. The summed E-state index contributed by atoms with van der Waals surface area (Å²) in [6.45, 7) is 1.51. The van der Waals surface area contributed by atoms with Gasteiger partial charge in [0.2, 0.25) is 10.0 Å². The molecular formula is C13H18N2O6S. The summed E-state index contributed by atoms with van der Waals surface area (Å²) >= 11 is 0. The number of rotatable bonds is 7. The van der Waals surface area contributed by atoms with Crippen molar-refractivity contribution in [2.45, 2.75) is 13.0 Å². The first-order valence-electron chi connectivity index (χ1n) is 6.26. The number of carboxylic acids is 1. The first kappa shape index (κ1) is 17.9. The van der Waals surface area contributed by atoms with Crippen molar-refractivity contribution in [2.75, 3.05) is 24.6 Å². The highest BCUT2D eigenvalue weighted by Crippen LogP contribution is 2.18. The molecule has 1 aromatic rings. The monoisotopic (exact) mass is 330 g/mol. The fourth-order valence-corrected chi connectivity index (χ4v) is 2.26. The van der Waals surface area contributed by atoms with Gasteiger partial charge in [-0.15, -0.1) is 0 Å². The number of hydrogen-bond donors (Lipinski definition) is 3. The molecule has 0 saturated carbocycles. The van der Waals surface area contributed by atoms with Crippen LogP contribution in [0.3, 0.4) is 0 Å². The van der Waals surface area contributed by atoms with Gasteiger partial charge in [0.1, 0.15) is 0 Å². The SMILES string of the molecule is COC(CNC(=O)c1cc(C)ccc1NS(C)(=O)=O)C(=O)O. The summed E-state index contributed by atoms with van der Waals surface area (Å²) in [4.78, 5) is 23.0. The van der Waals surface area contributed by atoms with E-state index in [1.54, 1.807) is 13.0 Å². The Morgan fingerprint density at radius 2 is 2.00 bits per heavy atom. The first-order chi connectivity index (χ1) is 10.1. The minimum absolute atomic E-state index is 0.102. The number of anilines is 1. The predicted octanol–water partition coefficient (Wildman–Crippen LogP) is 0.196. The molecule has 0 bridgehead atoms. The van der Waals surface area contributed by atoms with Crippen LogP contribution < -0.4 is 10.0 Å². The molecule has 1 aromatic carbocycles. The van der Waals surface area contributed by atoms with Crippen LogP contribution in [-0.4, -0.2) is 51.4 Å². The molecule has 1 rings (SSSR count). The second kappa shape index (κ2) is 7.23. The Morgan fingerprint density at radius 3 is 2.50 bits per heavy atom. The third-order valence-corrected chi connectivity index (χ3v) is 3.31. The quantitative estimate of drug-likeness (QED) is 0.656. The van der Waals surface area contributed by atoms with Gasteiger partial charge < -0.3 is 15.2 Å². The average Bonchev–Trinajstić information content (AvgIpc) is 2.39. The molecule has 0 spiro atoms. The van der Waals surface area contributed by atoms with E-state index in [0.717, 1.165) is 11.8 Å². The van der Waals surface area contributed by atoms with Crippen molar-refractivity contribution in [2.24, 2.45) is 0 Å². The molecular weight excluding hydrogens is 312 g/mol. The molecule has 0 heterocycles. The highest BCUT2D eigenvalue weighted by molar-refractivity contribution is 7.92. The first-order valence-corrected chi connectivity index (χ1v) is 8.15. The molecule has 0 aliphatic carbocycles. The summed E-state index contributed by atoms with van der Waals surface area (Å²) in [5.41, 5.74) is 0.978. The van der Waals surface area contributed by atoms with Crippen LogP contribution in [0.5, 0.6) is 0 Å². The number of carbonyl (C=O) groups is 2. The summed E-state index contributed by atoms with van der Waals surface area (Å²) < 4.78 is 29.6. The van der Waals surface area contributed by atoms with Crippen molar-refractivity contribution in [1.29, 1.82) is 0 Å². The van der Waals surface area contributed by atoms with Gasteiger partial charge in [0.05, 0.1) is 24.1 Å². The van der Waals surface area contributed by atoms with Crippen LogP contribution in [-0.2, 0) is 19.6 Å². The second-order valence-electron chi connectivity index (χ2n) is 4.70. The topological polar surface area (TPSA) is 122 Å². The molecule has 0 saturated heterocycles. The van der Waals surface area contributed by atoms with E-state index in [9.17, 15) is 18.0 Å². The van der Waals surface area contributed by atoms with Crippen molar-refractivity contribution < 1.29 is 27.9 Å². The Hall–Kier alpha value is -2.13. The zero-order valence-corrected chi connectivity index (χ0v) is 13.2. The Labute approximate surface area is 128 Å². The average molecular weight is 330 g/mol. The lowest BCUT2D eigenvalue weighted by Crippen LogP contribution is -2.38. The summed E-state index contributed by atoms with van der Waals surface area (Å²) in [5, 5.41) is 11.2. The third kappa shape index (κ3) is 5.34. The number of carbonyl (C=O) groups excluding carboxylic acids is 1. The van der Waals surface area contributed by atoms with Crippen molar-refractivity contribution in [3.05, 3.63) is 29.3 Å². The second-order valence-corrected chi connectivity index (χ2v) is 6.44. The Kier molecular flexibility index (Phi) is 5.89. The Bertz CT molecular complexity index is 671. The minimum Gasteiger partial charge on any atom is -0.479 e. The molecule has 0 aliphatic rings. The van der Waals surface area contributed by atoms with Crippen LogP contribution in [0.25, 0.3) is 0 Å². The largest absolute Gasteiger partial charge is 0.479 e. The summed E-state index contributed by atoms with van der Waals surface area (Å²) in [5.74, 6) is -1.81. The number of sulfonamides is 1. The number of benzene rings is 1. The van der Waals surface area contributed by atoms with Crippen LogP contribution in [0.15, 0.2) is 18.2 Å². The fourth-order valence-electron chi connectivity index (χ4n) is 1.69. The summed E-state index contributed by atoms with van der Waals surface area (Å²) in [7, 11) is -2.33. The molecule has 122 valence electrons. The molecule has 22 heavy (non-hydrogen) atoms. The molecule has 1 unspecified atom stereocenters. The van der Waals surface area contributed by atoms with Crippen LogP contribution in [0.4, 0.5) is 5.69 Å². The van der Waals surface area contributed by atoms with Gasteiger partial charge in [-0.25, -0.2) is 13.2 Å². The van der Waals surface area contributed by atoms with E-state index in [2.05, 4.69) is 10.0 Å².